The van der Waals surface area contributed by atoms with Gasteiger partial charge in [0, 0.05) is 11.5 Å². The Morgan fingerprint density at radius 2 is 1.84 bits per heavy atom. The van der Waals surface area contributed by atoms with Gasteiger partial charge in [-0.3, -0.25) is 0 Å². The van der Waals surface area contributed by atoms with Gasteiger partial charge < -0.3 is 4.42 Å². The molecular formula is C14H14F3NO. The maximum Gasteiger partial charge on any atom is 0.416 e. The van der Waals surface area contributed by atoms with Crippen LogP contribution in [-0.2, 0) is 6.18 Å². The van der Waals surface area contributed by atoms with Gasteiger partial charge in [-0.1, -0.05) is 26.0 Å². The van der Waals surface area contributed by atoms with Crippen molar-refractivity contribution in [3.63, 3.8) is 0 Å². The van der Waals surface area contributed by atoms with Crippen LogP contribution in [0.5, 0.6) is 0 Å². The van der Waals surface area contributed by atoms with Crippen molar-refractivity contribution in [2.75, 3.05) is 0 Å². The van der Waals surface area contributed by atoms with Crippen molar-refractivity contribution >= 4 is 0 Å². The molecule has 0 fully saturated rings. The normalized spacial score (nSPS) is 13.5. The summed E-state index contributed by atoms with van der Waals surface area (Å²) in [5.74, 6) is 1.30. The van der Waals surface area contributed by atoms with E-state index < -0.39 is 11.7 Å². The molecule has 0 amide bonds. The molecule has 0 aliphatic heterocycles. The molecule has 0 bridgehead atoms. The first kappa shape index (κ1) is 13.6. The van der Waals surface area contributed by atoms with E-state index in [1.54, 1.807) is 6.20 Å². The van der Waals surface area contributed by atoms with Crippen molar-refractivity contribution in [2.24, 2.45) is 0 Å². The van der Waals surface area contributed by atoms with E-state index in [2.05, 4.69) is 4.98 Å². The number of nitrogens with zero attached hydrogens (tertiary/aromatic N) is 1. The number of rotatable bonds is 3. The lowest BCUT2D eigenvalue weighted by molar-refractivity contribution is -0.137. The van der Waals surface area contributed by atoms with E-state index in [0.717, 1.165) is 18.6 Å². The van der Waals surface area contributed by atoms with Gasteiger partial charge in [0.2, 0.25) is 0 Å². The van der Waals surface area contributed by atoms with Gasteiger partial charge in [-0.2, -0.15) is 13.2 Å². The Morgan fingerprint density at radius 3 is 2.37 bits per heavy atom. The Kier molecular flexibility index (Phi) is 3.64. The fourth-order valence-corrected chi connectivity index (χ4v) is 1.65. The van der Waals surface area contributed by atoms with E-state index in [0.29, 0.717) is 17.2 Å². The van der Waals surface area contributed by atoms with Gasteiger partial charge in [0.15, 0.2) is 11.7 Å². The monoisotopic (exact) mass is 269 g/mol. The second-order valence-corrected chi connectivity index (χ2v) is 4.45. The van der Waals surface area contributed by atoms with Gasteiger partial charge >= 0.3 is 6.18 Å². The van der Waals surface area contributed by atoms with Crippen molar-refractivity contribution in [3.05, 3.63) is 41.9 Å². The summed E-state index contributed by atoms with van der Waals surface area (Å²) in [7, 11) is 0. The molecule has 0 spiro atoms. The first-order chi connectivity index (χ1) is 8.91. The summed E-state index contributed by atoms with van der Waals surface area (Å²) in [5.41, 5.74) is -0.0760. The molecule has 1 aromatic heterocycles. The zero-order valence-corrected chi connectivity index (χ0v) is 10.7. The number of hydrogen-bond acceptors (Lipinski definition) is 2. The molecule has 0 radical (unpaired) electrons. The fourth-order valence-electron chi connectivity index (χ4n) is 1.65. The predicted molar refractivity (Wildman–Crippen MR) is 65.6 cm³/mol. The molecule has 0 aliphatic carbocycles. The number of aromatic nitrogens is 1. The average Bonchev–Trinajstić information content (AvgIpc) is 2.86. The van der Waals surface area contributed by atoms with Crippen LogP contribution in [0.2, 0.25) is 0 Å². The molecule has 0 saturated carbocycles. The summed E-state index contributed by atoms with van der Waals surface area (Å²) >= 11 is 0. The fraction of sp³-hybridized carbons (Fsp3) is 0.357. The number of hydrogen-bond donors (Lipinski definition) is 0. The molecule has 102 valence electrons. The quantitative estimate of drug-likeness (QED) is 0.794. The van der Waals surface area contributed by atoms with Crippen LogP contribution in [-0.4, -0.2) is 4.98 Å². The maximum absolute atomic E-state index is 12.4. The maximum atomic E-state index is 12.4. The summed E-state index contributed by atoms with van der Waals surface area (Å²) in [4.78, 5) is 4.15. The highest BCUT2D eigenvalue weighted by Crippen LogP contribution is 2.31. The van der Waals surface area contributed by atoms with E-state index in [9.17, 15) is 13.2 Å². The van der Waals surface area contributed by atoms with Gasteiger partial charge in [-0.15, -0.1) is 0 Å². The van der Waals surface area contributed by atoms with Gasteiger partial charge in [0.05, 0.1) is 11.8 Å². The van der Waals surface area contributed by atoms with Crippen LogP contribution in [0.25, 0.3) is 11.3 Å². The van der Waals surface area contributed by atoms with Gasteiger partial charge in [-0.05, 0) is 18.6 Å². The molecule has 19 heavy (non-hydrogen) atoms. The van der Waals surface area contributed by atoms with Crippen LogP contribution in [0.15, 0.2) is 34.9 Å². The largest absolute Gasteiger partial charge is 0.440 e. The third-order valence-corrected chi connectivity index (χ3v) is 3.05. The lowest BCUT2D eigenvalue weighted by Crippen LogP contribution is -2.03. The van der Waals surface area contributed by atoms with E-state index in [4.69, 9.17) is 4.42 Å². The third-order valence-electron chi connectivity index (χ3n) is 3.05. The zero-order valence-electron chi connectivity index (χ0n) is 10.7. The summed E-state index contributed by atoms with van der Waals surface area (Å²) in [6.45, 7) is 4.01. The number of oxazole rings is 1. The van der Waals surface area contributed by atoms with Crippen LogP contribution >= 0.6 is 0 Å². The van der Waals surface area contributed by atoms with Crippen molar-refractivity contribution in [2.45, 2.75) is 32.4 Å². The molecule has 1 heterocycles. The van der Waals surface area contributed by atoms with E-state index in [1.807, 2.05) is 13.8 Å². The zero-order chi connectivity index (χ0) is 14.0. The second kappa shape index (κ2) is 5.07. The molecule has 0 N–H and O–H groups in total. The minimum Gasteiger partial charge on any atom is -0.440 e. The summed E-state index contributed by atoms with van der Waals surface area (Å²) < 4.78 is 42.9. The molecule has 1 aromatic carbocycles. The molecular weight excluding hydrogens is 255 g/mol. The smallest absolute Gasteiger partial charge is 0.416 e. The molecule has 2 aromatic rings. The highest BCUT2D eigenvalue weighted by Gasteiger charge is 2.30. The Balaban J connectivity index is 2.25. The lowest BCUT2D eigenvalue weighted by atomic mass is 10.1. The van der Waals surface area contributed by atoms with Crippen LogP contribution in [0, 0.1) is 0 Å². The molecule has 0 saturated heterocycles. The Morgan fingerprint density at radius 1 is 1.21 bits per heavy atom. The minimum absolute atomic E-state index is 0.197. The summed E-state index contributed by atoms with van der Waals surface area (Å²) in [6, 6.07) is 4.87. The highest BCUT2D eigenvalue weighted by atomic mass is 19.4. The van der Waals surface area contributed by atoms with Crippen LogP contribution in [0.3, 0.4) is 0 Å². The molecule has 2 nitrogen and oxygen atoms in total. The van der Waals surface area contributed by atoms with Crippen molar-refractivity contribution < 1.29 is 17.6 Å². The molecule has 1 unspecified atom stereocenters. The van der Waals surface area contributed by atoms with Gasteiger partial charge in [-0.25, -0.2) is 4.98 Å². The molecule has 1 atom stereocenters. The van der Waals surface area contributed by atoms with Crippen molar-refractivity contribution in [1.29, 1.82) is 0 Å². The standard InChI is InChI=1S/C14H14F3NO/c1-3-9(2)13-18-8-12(19-13)10-4-6-11(7-5-10)14(15,16)17/h4-9H,3H2,1-2H3. The van der Waals surface area contributed by atoms with Crippen LogP contribution < -0.4 is 0 Å². The Labute approximate surface area is 109 Å². The number of benzene rings is 1. The highest BCUT2D eigenvalue weighted by molar-refractivity contribution is 5.56. The van der Waals surface area contributed by atoms with E-state index >= 15 is 0 Å². The van der Waals surface area contributed by atoms with E-state index in [1.165, 1.54) is 12.1 Å². The summed E-state index contributed by atoms with van der Waals surface area (Å²) in [6.07, 6.45) is -1.88. The topological polar surface area (TPSA) is 26.0 Å². The molecule has 0 aliphatic rings. The summed E-state index contributed by atoms with van der Waals surface area (Å²) in [5, 5.41) is 0. The first-order valence-corrected chi connectivity index (χ1v) is 6.05. The van der Waals surface area contributed by atoms with Crippen molar-refractivity contribution in [1.82, 2.24) is 4.98 Å². The number of halogens is 3. The minimum atomic E-state index is -4.32. The first-order valence-electron chi connectivity index (χ1n) is 6.05. The van der Waals surface area contributed by atoms with E-state index in [-0.39, 0.29) is 5.92 Å². The van der Waals surface area contributed by atoms with Gasteiger partial charge in [0.25, 0.3) is 0 Å². The Bertz CT molecular complexity index is 543. The third kappa shape index (κ3) is 2.97. The van der Waals surface area contributed by atoms with Crippen LogP contribution in [0.1, 0.15) is 37.6 Å². The molecule has 2 rings (SSSR count). The molecule has 5 heteroatoms. The number of alkyl halides is 3. The lowest BCUT2D eigenvalue weighted by Gasteiger charge is -2.06. The Hall–Kier alpha value is -1.78. The average molecular weight is 269 g/mol. The van der Waals surface area contributed by atoms with Crippen LogP contribution in [0.4, 0.5) is 13.2 Å². The van der Waals surface area contributed by atoms with Crippen molar-refractivity contribution in [3.8, 4) is 11.3 Å². The SMILES string of the molecule is CCC(C)c1ncc(-c2ccc(C(F)(F)F)cc2)o1. The predicted octanol–water partition coefficient (Wildman–Crippen LogP) is 4.87. The second-order valence-electron chi connectivity index (χ2n) is 4.45. The van der Waals surface area contributed by atoms with Gasteiger partial charge in [0.1, 0.15) is 0 Å².